The number of esters is 1. The van der Waals surface area contributed by atoms with E-state index in [1.165, 1.54) is 24.3 Å². The maximum Gasteiger partial charge on any atom is 0.338 e. The van der Waals surface area contributed by atoms with E-state index >= 15 is 0 Å². The Bertz CT molecular complexity index is 1610. The fourth-order valence-corrected chi connectivity index (χ4v) is 4.79. The van der Waals surface area contributed by atoms with E-state index in [2.05, 4.69) is 4.98 Å². The third-order valence-corrected chi connectivity index (χ3v) is 6.58. The number of aliphatic hydroxyl groups is 1. The molecule has 9 nitrogen and oxygen atoms in total. The molecule has 0 fully saturated rings. The molecule has 0 aliphatic carbocycles. The molecule has 0 saturated heterocycles. The zero-order valence-corrected chi connectivity index (χ0v) is 21.8. The van der Waals surface area contributed by atoms with Crippen LogP contribution < -0.4 is 4.74 Å². The summed E-state index contributed by atoms with van der Waals surface area (Å²) in [6.45, 7) is 2.02. The molecule has 0 radical (unpaired) electrons. The third-order valence-electron chi connectivity index (χ3n) is 6.36. The fourth-order valence-electron chi connectivity index (χ4n) is 4.57. The molecular formula is C29H23ClN2O7. The van der Waals surface area contributed by atoms with Gasteiger partial charge in [-0.25, -0.2) is 4.79 Å². The van der Waals surface area contributed by atoms with Crippen LogP contribution in [0.5, 0.6) is 5.75 Å². The maximum atomic E-state index is 13.8. The first kappa shape index (κ1) is 26.0. The second kappa shape index (κ2) is 10.6. The summed E-state index contributed by atoms with van der Waals surface area (Å²) in [4.78, 5) is 44.6. The van der Waals surface area contributed by atoms with Crippen LogP contribution in [0, 0.1) is 0 Å². The molecule has 1 unspecified atom stereocenters. The molecule has 1 aliphatic rings. The summed E-state index contributed by atoms with van der Waals surface area (Å²) in [7, 11) is 1.45. The highest BCUT2D eigenvalue weighted by Gasteiger charge is 2.44. The molecule has 4 aromatic rings. The Hall–Kier alpha value is -4.63. The molecule has 198 valence electrons. The van der Waals surface area contributed by atoms with Gasteiger partial charge in [0, 0.05) is 35.4 Å². The molecule has 0 bridgehead atoms. The Labute approximate surface area is 228 Å². The topological polar surface area (TPSA) is 119 Å². The van der Waals surface area contributed by atoms with E-state index in [4.69, 9.17) is 25.5 Å². The van der Waals surface area contributed by atoms with E-state index in [1.807, 2.05) is 0 Å². The highest BCUT2D eigenvalue weighted by atomic mass is 35.5. The van der Waals surface area contributed by atoms with E-state index in [-0.39, 0.29) is 24.5 Å². The zero-order chi connectivity index (χ0) is 27.7. The van der Waals surface area contributed by atoms with Gasteiger partial charge in [-0.2, -0.15) is 0 Å². The molecular weight excluding hydrogens is 524 g/mol. The summed E-state index contributed by atoms with van der Waals surface area (Å²) in [6, 6.07) is 13.7. The lowest BCUT2D eigenvalue weighted by molar-refractivity contribution is -0.130. The minimum atomic E-state index is -0.942. The second-order valence-electron chi connectivity index (χ2n) is 8.77. The number of amides is 1. The molecule has 5 rings (SSSR count). The van der Waals surface area contributed by atoms with Gasteiger partial charge in [-0.15, -0.1) is 0 Å². The van der Waals surface area contributed by atoms with Gasteiger partial charge < -0.3 is 23.9 Å². The fraction of sp³-hybridized carbons (Fsp3) is 0.172. The molecule has 1 atom stereocenters. The van der Waals surface area contributed by atoms with Crippen molar-refractivity contribution in [1.82, 2.24) is 9.88 Å². The number of fused-ring (bicyclic) bond motifs is 1. The highest BCUT2D eigenvalue weighted by Crippen LogP contribution is 2.41. The number of ether oxygens (including phenoxy) is 2. The zero-order valence-electron chi connectivity index (χ0n) is 21.0. The summed E-state index contributed by atoms with van der Waals surface area (Å²) in [6.07, 6.45) is 3.10. The summed E-state index contributed by atoms with van der Waals surface area (Å²) < 4.78 is 16.2. The lowest BCUT2D eigenvalue weighted by Gasteiger charge is -2.26. The number of pyridine rings is 1. The van der Waals surface area contributed by atoms with E-state index < -0.39 is 29.5 Å². The molecule has 1 amide bonds. The number of carbonyl (C=O) groups excluding carboxylic acids is 3. The van der Waals surface area contributed by atoms with Crippen LogP contribution in [0.2, 0.25) is 5.02 Å². The number of Topliss-reactive ketones (excluding diaryl/α,β-unsaturated/α-hetero) is 1. The minimum Gasteiger partial charge on any atom is -0.503 e. The average Bonchev–Trinajstić information content (AvgIpc) is 3.48. The van der Waals surface area contributed by atoms with Crippen molar-refractivity contribution in [3.05, 3.63) is 106 Å². The lowest BCUT2D eigenvalue weighted by atomic mass is 9.96. The first-order valence-corrected chi connectivity index (χ1v) is 12.4. The van der Waals surface area contributed by atoms with E-state index in [9.17, 15) is 19.5 Å². The third kappa shape index (κ3) is 4.84. The van der Waals surface area contributed by atoms with Crippen LogP contribution in [0.15, 0.2) is 82.7 Å². The Kier molecular flexibility index (Phi) is 7.08. The van der Waals surface area contributed by atoms with Crippen molar-refractivity contribution in [3.8, 4) is 5.75 Å². The number of aliphatic hydroxyl groups excluding tert-OH is 1. The van der Waals surface area contributed by atoms with Crippen LogP contribution in [0.3, 0.4) is 0 Å². The number of methoxy groups -OCH3 is 1. The molecule has 3 heterocycles. The minimum absolute atomic E-state index is 0.0475. The smallest absolute Gasteiger partial charge is 0.338 e. The Morgan fingerprint density at radius 2 is 1.92 bits per heavy atom. The number of halogens is 1. The molecule has 10 heteroatoms. The van der Waals surface area contributed by atoms with Gasteiger partial charge >= 0.3 is 5.97 Å². The number of furan rings is 1. The number of hydrogen-bond acceptors (Lipinski definition) is 8. The Morgan fingerprint density at radius 3 is 2.59 bits per heavy atom. The normalized spacial score (nSPS) is 15.2. The molecule has 2 aromatic carbocycles. The maximum absolute atomic E-state index is 13.8. The molecule has 1 aliphatic heterocycles. The van der Waals surface area contributed by atoms with Crippen LogP contribution in [-0.2, 0) is 16.1 Å². The van der Waals surface area contributed by atoms with Gasteiger partial charge in [-0.05, 0) is 48.4 Å². The van der Waals surface area contributed by atoms with Crippen molar-refractivity contribution in [2.75, 3.05) is 13.7 Å². The SMILES string of the molecule is CCOC(=O)c1ccc(CN2C(=O)C(O)=C(C(=O)c3cc4cc(Cl)cc(OC)c4o3)C2c2cccnc2)cc1. The van der Waals surface area contributed by atoms with Gasteiger partial charge in [-0.3, -0.25) is 14.6 Å². The van der Waals surface area contributed by atoms with Gasteiger partial charge in [0.05, 0.1) is 30.9 Å². The van der Waals surface area contributed by atoms with Crippen LogP contribution >= 0.6 is 11.6 Å². The predicted octanol–water partition coefficient (Wildman–Crippen LogP) is 5.45. The van der Waals surface area contributed by atoms with E-state index in [1.54, 1.807) is 61.7 Å². The van der Waals surface area contributed by atoms with Crippen molar-refractivity contribution >= 4 is 40.2 Å². The largest absolute Gasteiger partial charge is 0.503 e. The highest BCUT2D eigenvalue weighted by molar-refractivity contribution is 6.31. The second-order valence-corrected chi connectivity index (χ2v) is 9.20. The van der Waals surface area contributed by atoms with Crippen molar-refractivity contribution in [1.29, 1.82) is 0 Å². The van der Waals surface area contributed by atoms with Gasteiger partial charge in [0.2, 0.25) is 5.78 Å². The quantitative estimate of drug-likeness (QED) is 0.229. The summed E-state index contributed by atoms with van der Waals surface area (Å²) in [5, 5.41) is 11.9. The molecule has 0 spiro atoms. The average molecular weight is 547 g/mol. The molecule has 2 aromatic heterocycles. The van der Waals surface area contributed by atoms with Gasteiger partial charge in [0.25, 0.3) is 5.91 Å². The summed E-state index contributed by atoms with van der Waals surface area (Å²) in [5.74, 6) is -2.26. The number of nitrogens with zero attached hydrogens (tertiary/aromatic N) is 2. The number of aromatic nitrogens is 1. The predicted molar refractivity (Wildman–Crippen MR) is 142 cm³/mol. The van der Waals surface area contributed by atoms with Crippen molar-refractivity contribution in [2.24, 2.45) is 0 Å². The lowest BCUT2D eigenvalue weighted by Crippen LogP contribution is -2.30. The van der Waals surface area contributed by atoms with Crippen LogP contribution in [-0.4, -0.2) is 46.4 Å². The van der Waals surface area contributed by atoms with Gasteiger partial charge in [-0.1, -0.05) is 29.8 Å². The van der Waals surface area contributed by atoms with Crippen LogP contribution in [0.4, 0.5) is 0 Å². The van der Waals surface area contributed by atoms with Gasteiger partial charge in [0.1, 0.15) is 0 Å². The first-order valence-electron chi connectivity index (χ1n) is 12.0. The van der Waals surface area contributed by atoms with Crippen molar-refractivity contribution in [3.63, 3.8) is 0 Å². The Balaban J connectivity index is 1.52. The monoisotopic (exact) mass is 546 g/mol. The number of benzene rings is 2. The van der Waals surface area contributed by atoms with Crippen molar-refractivity contribution in [2.45, 2.75) is 19.5 Å². The number of ketones is 1. The molecule has 1 N–H and O–H groups in total. The molecule has 0 saturated carbocycles. The Morgan fingerprint density at radius 1 is 1.15 bits per heavy atom. The summed E-state index contributed by atoms with van der Waals surface area (Å²) >= 11 is 6.16. The number of rotatable bonds is 8. The van der Waals surface area contributed by atoms with Gasteiger partial charge in [0.15, 0.2) is 22.9 Å². The van der Waals surface area contributed by atoms with E-state index in [0.29, 0.717) is 38.4 Å². The number of carbonyl (C=O) groups is 3. The standard InChI is InChI=1S/C29H23ClN2O7/c1-3-38-29(36)17-8-6-16(7-9-17)15-32-24(18-5-4-10-31-14-18)23(26(34)28(32)35)25(33)21-12-19-11-20(30)13-22(37-2)27(19)39-21/h4-14,24,34H,3,15H2,1-2H3. The first-order chi connectivity index (χ1) is 18.8. The van der Waals surface area contributed by atoms with Crippen molar-refractivity contribution < 1.29 is 33.4 Å². The van der Waals surface area contributed by atoms with Crippen LogP contribution in [0.1, 0.15) is 45.0 Å². The summed E-state index contributed by atoms with van der Waals surface area (Å²) in [5.41, 5.74) is 1.74. The number of hydrogen-bond donors (Lipinski definition) is 1. The van der Waals surface area contributed by atoms with E-state index in [0.717, 1.165) is 0 Å². The molecule has 39 heavy (non-hydrogen) atoms. The van der Waals surface area contributed by atoms with Crippen LogP contribution in [0.25, 0.3) is 11.0 Å².